The van der Waals surface area contributed by atoms with Crippen molar-refractivity contribution < 1.29 is 13.9 Å². The van der Waals surface area contributed by atoms with Gasteiger partial charge in [-0.25, -0.2) is 9.18 Å². The molecule has 2 aromatic heterocycles. The maximum Gasteiger partial charge on any atom is 0.329 e. The smallest absolute Gasteiger partial charge is 0.329 e. The Morgan fingerprint density at radius 1 is 1.03 bits per heavy atom. The van der Waals surface area contributed by atoms with Crippen LogP contribution in [-0.4, -0.2) is 23.8 Å². The number of hydrogen-bond donors (Lipinski definition) is 1. The minimum Gasteiger partial charge on any atom is -0.496 e. The summed E-state index contributed by atoms with van der Waals surface area (Å²) in [5.41, 5.74) is 0.881. The lowest BCUT2D eigenvalue weighted by atomic mass is 10.1. The zero-order valence-electron chi connectivity index (χ0n) is 15.7. The molecule has 6 nitrogen and oxygen atoms in total. The number of benzene rings is 2. The summed E-state index contributed by atoms with van der Waals surface area (Å²) in [4.78, 5) is 28.0. The number of methoxy groups -OCH3 is 2. The van der Waals surface area contributed by atoms with Crippen LogP contribution in [0.25, 0.3) is 20.7 Å². The van der Waals surface area contributed by atoms with E-state index in [1.807, 2.05) is 24.3 Å². The number of halogens is 1. The van der Waals surface area contributed by atoms with Crippen LogP contribution in [-0.2, 0) is 6.54 Å². The summed E-state index contributed by atoms with van der Waals surface area (Å²) in [6.45, 7) is 0.106. The van der Waals surface area contributed by atoms with E-state index in [1.54, 1.807) is 19.2 Å². The number of rotatable bonds is 5. The highest BCUT2D eigenvalue weighted by molar-refractivity contribution is 7.22. The van der Waals surface area contributed by atoms with E-state index in [-0.39, 0.29) is 12.3 Å². The van der Waals surface area contributed by atoms with Gasteiger partial charge in [-0.15, -0.1) is 11.3 Å². The SMILES string of the molecule is COc1ccc(Cn2c(=O)[nH]c(=O)c3sc(-c4ccccc4OC)cc32)cc1F. The van der Waals surface area contributed by atoms with Crippen LogP contribution in [0.4, 0.5) is 4.39 Å². The van der Waals surface area contributed by atoms with Crippen molar-refractivity contribution in [2.75, 3.05) is 14.2 Å². The quantitative estimate of drug-likeness (QED) is 0.543. The average molecular weight is 412 g/mol. The molecule has 1 N–H and O–H groups in total. The number of thiophene rings is 1. The Labute approximate surface area is 168 Å². The minimum absolute atomic E-state index is 0.106. The Hall–Kier alpha value is -3.39. The van der Waals surface area contributed by atoms with Gasteiger partial charge in [-0.3, -0.25) is 14.3 Å². The van der Waals surface area contributed by atoms with E-state index in [0.717, 1.165) is 10.4 Å². The molecule has 0 radical (unpaired) electrons. The third kappa shape index (κ3) is 3.42. The molecule has 0 saturated carbocycles. The van der Waals surface area contributed by atoms with Crippen LogP contribution in [0.3, 0.4) is 0 Å². The Bertz CT molecular complexity index is 1320. The van der Waals surface area contributed by atoms with E-state index in [9.17, 15) is 14.0 Å². The Morgan fingerprint density at radius 2 is 1.79 bits per heavy atom. The second-order valence-corrected chi connectivity index (χ2v) is 7.39. The van der Waals surface area contributed by atoms with Gasteiger partial charge in [0.15, 0.2) is 11.6 Å². The molecule has 0 unspecified atom stereocenters. The van der Waals surface area contributed by atoms with Gasteiger partial charge in [-0.05, 0) is 35.9 Å². The van der Waals surface area contributed by atoms with Crippen molar-refractivity contribution in [3.8, 4) is 21.9 Å². The molecule has 0 aliphatic rings. The van der Waals surface area contributed by atoms with E-state index in [2.05, 4.69) is 4.98 Å². The molecule has 2 heterocycles. The Kier molecular flexibility index (Phi) is 4.94. The fraction of sp³-hybridized carbons (Fsp3) is 0.143. The van der Waals surface area contributed by atoms with Gasteiger partial charge in [-0.1, -0.05) is 18.2 Å². The third-order valence-electron chi connectivity index (χ3n) is 4.60. The van der Waals surface area contributed by atoms with Gasteiger partial charge in [0.1, 0.15) is 10.4 Å². The maximum atomic E-state index is 14.1. The molecule has 148 valence electrons. The summed E-state index contributed by atoms with van der Waals surface area (Å²) in [5.74, 6) is 0.280. The largest absolute Gasteiger partial charge is 0.496 e. The predicted molar refractivity (Wildman–Crippen MR) is 111 cm³/mol. The van der Waals surface area contributed by atoms with Crippen LogP contribution >= 0.6 is 11.3 Å². The van der Waals surface area contributed by atoms with Crippen LogP contribution in [0.15, 0.2) is 58.1 Å². The van der Waals surface area contributed by atoms with Crippen molar-refractivity contribution in [2.45, 2.75) is 6.54 Å². The van der Waals surface area contributed by atoms with E-state index in [0.29, 0.717) is 21.5 Å². The molecule has 0 fully saturated rings. The van der Waals surface area contributed by atoms with Crippen molar-refractivity contribution in [1.29, 1.82) is 0 Å². The van der Waals surface area contributed by atoms with E-state index >= 15 is 0 Å². The van der Waals surface area contributed by atoms with Crippen LogP contribution in [0, 0.1) is 5.82 Å². The molecule has 0 saturated heterocycles. The van der Waals surface area contributed by atoms with E-state index in [1.165, 1.54) is 35.1 Å². The summed E-state index contributed by atoms with van der Waals surface area (Å²) in [5, 5.41) is 0. The van der Waals surface area contributed by atoms with Crippen LogP contribution in [0.1, 0.15) is 5.56 Å². The predicted octanol–water partition coefficient (Wildman–Crippen LogP) is 3.62. The topological polar surface area (TPSA) is 73.3 Å². The normalized spacial score (nSPS) is 11.0. The lowest BCUT2D eigenvalue weighted by Gasteiger charge is -2.09. The first kappa shape index (κ1) is 18.9. The molecule has 0 aliphatic carbocycles. The molecule has 8 heteroatoms. The van der Waals surface area contributed by atoms with Crippen LogP contribution < -0.4 is 20.7 Å². The summed E-state index contributed by atoms with van der Waals surface area (Å²) in [6.07, 6.45) is 0. The number of hydrogen-bond acceptors (Lipinski definition) is 5. The van der Waals surface area contributed by atoms with Gasteiger partial charge in [0.25, 0.3) is 5.56 Å². The Balaban J connectivity index is 1.87. The van der Waals surface area contributed by atoms with Crippen molar-refractivity contribution >= 4 is 21.6 Å². The number of para-hydroxylation sites is 1. The molecular formula is C21H17FN2O4S. The maximum absolute atomic E-state index is 14.1. The van der Waals surface area contributed by atoms with E-state index in [4.69, 9.17) is 9.47 Å². The van der Waals surface area contributed by atoms with Crippen molar-refractivity contribution in [3.63, 3.8) is 0 Å². The molecule has 0 bridgehead atoms. The summed E-state index contributed by atoms with van der Waals surface area (Å²) < 4.78 is 26.2. The summed E-state index contributed by atoms with van der Waals surface area (Å²) in [7, 11) is 2.96. The molecule has 29 heavy (non-hydrogen) atoms. The highest BCUT2D eigenvalue weighted by Crippen LogP contribution is 2.36. The number of fused-ring (bicyclic) bond motifs is 1. The van der Waals surface area contributed by atoms with Gasteiger partial charge < -0.3 is 9.47 Å². The van der Waals surface area contributed by atoms with Crippen LogP contribution in [0.5, 0.6) is 11.5 Å². The third-order valence-corrected chi connectivity index (χ3v) is 5.76. The monoisotopic (exact) mass is 412 g/mol. The molecule has 0 spiro atoms. The number of nitrogens with one attached hydrogen (secondary N) is 1. The van der Waals surface area contributed by atoms with E-state index < -0.39 is 17.1 Å². The zero-order chi connectivity index (χ0) is 20.5. The van der Waals surface area contributed by atoms with Crippen LogP contribution in [0.2, 0.25) is 0 Å². The van der Waals surface area contributed by atoms with Gasteiger partial charge in [0.2, 0.25) is 0 Å². The van der Waals surface area contributed by atoms with Gasteiger partial charge in [-0.2, -0.15) is 0 Å². The first-order valence-electron chi connectivity index (χ1n) is 8.74. The zero-order valence-corrected chi connectivity index (χ0v) is 16.5. The molecule has 0 amide bonds. The van der Waals surface area contributed by atoms with Crippen molar-refractivity contribution in [1.82, 2.24) is 9.55 Å². The number of nitrogens with zero attached hydrogens (tertiary/aromatic N) is 1. The molecular weight excluding hydrogens is 395 g/mol. The second-order valence-electron chi connectivity index (χ2n) is 6.34. The Morgan fingerprint density at radius 3 is 2.52 bits per heavy atom. The first-order valence-corrected chi connectivity index (χ1v) is 9.56. The van der Waals surface area contributed by atoms with Gasteiger partial charge in [0.05, 0.1) is 26.3 Å². The minimum atomic E-state index is -0.553. The van der Waals surface area contributed by atoms with Crippen molar-refractivity contribution in [2.24, 2.45) is 0 Å². The fourth-order valence-corrected chi connectivity index (χ4v) is 4.29. The lowest BCUT2D eigenvalue weighted by Crippen LogP contribution is -2.29. The number of aromatic amines is 1. The summed E-state index contributed by atoms with van der Waals surface area (Å²) >= 11 is 1.27. The highest BCUT2D eigenvalue weighted by atomic mass is 32.1. The number of H-pyrrole nitrogens is 1. The molecule has 2 aromatic carbocycles. The van der Waals surface area contributed by atoms with Gasteiger partial charge >= 0.3 is 5.69 Å². The average Bonchev–Trinajstić information content (AvgIpc) is 3.17. The first-order chi connectivity index (χ1) is 14.0. The molecule has 0 aliphatic heterocycles. The molecule has 4 aromatic rings. The van der Waals surface area contributed by atoms with Gasteiger partial charge in [0, 0.05) is 10.4 Å². The lowest BCUT2D eigenvalue weighted by molar-refractivity contribution is 0.386. The van der Waals surface area contributed by atoms with Crippen molar-refractivity contribution in [3.05, 3.63) is 80.7 Å². The molecule has 0 atom stereocenters. The molecule has 4 rings (SSSR count). The highest BCUT2D eigenvalue weighted by Gasteiger charge is 2.16. The number of aromatic nitrogens is 2. The fourth-order valence-electron chi connectivity index (χ4n) is 3.20. The number of ether oxygens (including phenoxy) is 2. The second kappa shape index (κ2) is 7.56. The summed E-state index contributed by atoms with van der Waals surface area (Å²) in [6, 6.07) is 13.7. The standard InChI is InChI=1S/C21H17FN2O4S/c1-27-16-6-4-3-5-13(16)18-10-15-19(29-18)20(25)23-21(26)24(15)11-12-7-8-17(28-2)14(22)9-12/h3-10H,11H2,1-2H3,(H,23,25,26).